The highest BCUT2D eigenvalue weighted by molar-refractivity contribution is 9.10. The molecular weight excluding hydrogens is 360 g/mol. The van der Waals surface area contributed by atoms with Crippen molar-refractivity contribution in [1.82, 2.24) is 0 Å². The molecule has 0 heterocycles. The maximum absolute atomic E-state index is 12.2. The van der Waals surface area contributed by atoms with E-state index >= 15 is 0 Å². The number of hydrogen-bond acceptors (Lipinski definition) is 3. The van der Waals surface area contributed by atoms with Gasteiger partial charge in [-0.3, -0.25) is 4.79 Å². The highest BCUT2D eigenvalue weighted by Gasteiger charge is 2.42. The fourth-order valence-corrected chi connectivity index (χ4v) is 3.78. The summed E-state index contributed by atoms with van der Waals surface area (Å²) in [4.78, 5) is 11.6. The van der Waals surface area contributed by atoms with Crippen LogP contribution in [0, 0.1) is 0 Å². The first-order valence-electron chi connectivity index (χ1n) is 7.63. The Morgan fingerprint density at radius 2 is 1.77 bits per heavy atom. The van der Waals surface area contributed by atoms with E-state index in [-0.39, 0.29) is 17.1 Å². The minimum absolute atomic E-state index is 0.0708. The highest BCUT2D eigenvalue weighted by atomic mass is 79.9. The summed E-state index contributed by atoms with van der Waals surface area (Å²) >= 11 is 3.49. The molecule has 1 rings (SSSR count). The number of benzene rings is 1. The lowest BCUT2D eigenvalue weighted by molar-refractivity contribution is -0.144. The lowest BCUT2D eigenvalue weighted by Crippen LogP contribution is -2.44. The van der Waals surface area contributed by atoms with E-state index in [9.17, 15) is 4.79 Å². The van der Waals surface area contributed by atoms with Crippen LogP contribution in [0.4, 0.5) is 0 Å². The number of hydrogen-bond donors (Lipinski definition) is 0. The number of ether oxygens (including phenoxy) is 1. The Bertz CT molecular complexity index is 482. The number of carbonyl (C=O) groups excluding carboxylic acids is 1. The molecule has 3 nitrogen and oxygen atoms in total. The molecule has 0 fully saturated rings. The largest absolute Gasteiger partial charge is 0.465 e. The minimum Gasteiger partial charge on any atom is -0.465 e. The third-order valence-corrected chi connectivity index (χ3v) is 9.44. The normalized spacial score (nSPS) is 15.2. The van der Waals surface area contributed by atoms with Crippen LogP contribution in [0.15, 0.2) is 30.3 Å². The molecule has 0 amide bonds. The SMILES string of the molecule is CCOC(=O)[C@@H](Br)[C@@H](O[Si](C)(C)C(C)(C)C)c1ccccc1. The summed E-state index contributed by atoms with van der Waals surface area (Å²) in [5.74, 6) is -0.282. The molecule has 0 aromatic heterocycles. The summed E-state index contributed by atoms with van der Waals surface area (Å²) in [7, 11) is -2.02. The molecule has 0 aliphatic carbocycles. The smallest absolute Gasteiger partial charge is 0.322 e. The molecule has 0 N–H and O–H groups in total. The Morgan fingerprint density at radius 3 is 2.23 bits per heavy atom. The van der Waals surface area contributed by atoms with Crippen LogP contribution in [0.25, 0.3) is 0 Å². The van der Waals surface area contributed by atoms with Gasteiger partial charge in [0, 0.05) is 0 Å². The topological polar surface area (TPSA) is 35.5 Å². The van der Waals surface area contributed by atoms with Crippen molar-refractivity contribution in [3.05, 3.63) is 35.9 Å². The summed E-state index contributed by atoms with van der Waals surface area (Å²) in [5, 5.41) is 0.0708. The molecule has 22 heavy (non-hydrogen) atoms. The summed E-state index contributed by atoms with van der Waals surface area (Å²) in [6.45, 7) is 13.1. The van der Waals surface area contributed by atoms with E-state index in [4.69, 9.17) is 9.16 Å². The zero-order chi connectivity index (χ0) is 17.0. The first kappa shape index (κ1) is 19.4. The van der Waals surface area contributed by atoms with Crippen LogP contribution >= 0.6 is 15.9 Å². The Hall–Kier alpha value is -0.653. The summed E-state index contributed by atoms with van der Waals surface area (Å²) in [6.07, 6.45) is -0.346. The van der Waals surface area contributed by atoms with E-state index < -0.39 is 13.1 Å². The highest BCUT2D eigenvalue weighted by Crippen LogP contribution is 2.41. The van der Waals surface area contributed by atoms with Gasteiger partial charge in [-0.2, -0.15) is 0 Å². The molecule has 0 spiro atoms. The van der Waals surface area contributed by atoms with E-state index in [1.165, 1.54) is 0 Å². The van der Waals surface area contributed by atoms with Gasteiger partial charge < -0.3 is 9.16 Å². The zero-order valence-electron chi connectivity index (χ0n) is 14.4. The van der Waals surface area contributed by atoms with Gasteiger partial charge >= 0.3 is 5.97 Å². The number of carbonyl (C=O) groups is 1. The predicted octanol–water partition coefficient (Wildman–Crippen LogP) is 5.08. The van der Waals surface area contributed by atoms with E-state index in [1.807, 2.05) is 37.3 Å². The molecule has 0 unspecified atom stereocenters. The van der Waals surface area contributed by atoms with Crippen LogP contribution < -0.4 is 0 Å². The maximum Gasteiger partial charge on any atom is 0.322 e. The van der Waals surface area contributed by atoms with Crippen molar-refractivity contribution in [3.63, 3.8) is 0 Å². The summed E-state index contributed by atoms with van der Waals surface area (Å²) in [6, 6.07) is 9.86. The second-order valence-electron chi connectivity index (χ2n) is 6.86. The zero-order valence-corrected chi connectivity index (χ0v) is 16.9. The molecule has 2 atom stereocenters. The first-order chi connectivity index (χ1) is 10.1. The van der Waals surface area contributed by atoms with Gasteiger partial charge in [-0.1, -0.05) is 67.0 Å². The Kier molecular flexibility index (Phi) is 6.83. The molecule has 0 aliphatic heterocycles. The number of alkyl halides is 1. The van der Waals surface area contributed by atoms with Gasteiger partial charge in [0.15, 0.2) is 8.32 Å². The van der Waals surface area contributed by atoms with Crippen LogP contribution in [-0.4, -0.2) is 25.7 Å². The number of rotatable bonds is 6. The van der Waals surface area contributed by atoms with E-state index in [0.29, 0.717) is 6.61 Å². The van der Waals surface area contributed by atoms with Gasteiger partial charge in [-0.15, -0.1) is 0 Å². The second kappa shape index (κ2) is 7.75. The van der Waals surface area contributed by atoms with Crippen molar-refractivity contribution in [1.29, 1.82) is 0 Å². The maximum atomic E-state index is 12.2. The van der Waals surface area contributed by atoms with Crippen LogP contribution in [-0.2, 0) is 14.0 Å². The fourth-order valence-electron chi connectivity index (χ4n) is 1.78. The van der Waals surface area contributed by atoms with Gasteiger partial charge in [0.05, 0.1) is 12.7 Å². The predicted molar refractivity (Wildman–Crippen MR) is 96.8 cm³/mol. The van der Waals surface area contributed by atoms with Crippen LogP contribution in [0.2, 0.25) is 18.1 Å². The molecule has 1 aromatic carbocycles. The molecule has 124 valence electrons. The van der Waals surface area contributed by atoms with Gasteiger partial charge in [0.25, 0.3) is 0 Å². The second-order valence-corrected chi connectivity index (χ2v) is 12.6. The van der Waals surface area contributed by atoms with Crippen molar-refractivity contribution in [2.24, 2.45) is 0 Å². The Labute approximate surface area is 143 Å². The third-order valence-electron chi connectivity index (χ3n) is 4.13. The average Bonchev–Trinajstić information content (AvgIpc) is 2.44. The monoisotopic (exact) mass is 386 g/mol. The average molecular weight is 387 g/mol. The molecular formula is C17H27BrO3Si. The lowest BCUT2D eigenvalue weighted by atomic mass is 10.1. The molecule has 5 heteroatoms. The van der Waals surface area contributed by atoms with Crippen molar-refractivity contribution in [3.8, 4) is 0 Å². The number of esters is 1. The minimum atomic E-state index is -2.02. The van der Waals surface area contributed by atoms with E-state index in [0.717, 1.165) is 5.56 Å². The molecule has 0 saturated carbocycles. The molecule has 0 radical (unpaired) electrons. The summed E-state index contributed by atoms with van der Waals surface area (Å²) < 4.78 is 11.7. The third kappa shape index (κ3) is 4.93. The quantitative estimate of drug-likeness (QED) is 0.388. The standard InChI is InChI=1S/C17H27BrO3Si/c1-7-20-16(19)14(18)15(13-11-9-8-10-12-13)21-22(5,6)17(2,3)4/h8-12,14-15H,7H2,1-6H3/t14-,15-/m0/s1. The van der Waals surface area contributed by atoms with Crippen LogP contribution in [0.5, 0.6) is 0 Å². The van der Waals surface area contributed by atoms with Gasteiger partial charge in [0.1, 0.15) is 4.83 Å². The van der Waals surface area contributed by atoms with Gasteiger partial charge in [0.2, 0.25) is 0 Å². The van der Waals surface area contributed by atoms with E-state index in [2.05, 4.69) is 49.8 Å². The Balaban J connectivity index is 3.11. The van der Waals surface area contributed by atoms with Crippen molar-refractivity contribution < 1.29 is 14.0 Å². The molecule has 0 saturated heterocycles. The summed E-state index contributed by atoms with van der Waals surface area (Å²) in [5.41, 5.74) is 0.988. The first-order valence-corrected chi connectivity index (χ1v) is 11.5. The lowest BCUT2D eigenvalue weighted by Gasteiger charge is -2.40. The van der Waals surface area contributed by atoms with Crippen LogP contribution in [0.3, 0.4) is 0 Å². The van der Waals surface area contributed by atoms with Gasteiger partial charge in [-0.05, 0) is 30.6 Å². The molecule has 1 aromatic rings. The van der Waals surface area contributed by atoms with Gasteiger partial charge in [-0.25, -0.2) is 0 Å². The number of halogens is 1. The molecule has 0 aliphatic rings. The fraction of sp³-hybridized carbons (Fsp3) is 0.588. The van der Waals surface area contributed by atoms with Crippen molar-refractivity contribution in [2.75, 3.05) is 6.61 Å². The Morgan fingerprint density at radius 1 is 1.23 bits per heavy atom. The van der Waals surface area contributed by atoms with Crippen molar-refractivity contribution in [2.45, 2.75) is 56.8 Å². The van der Waals surface area contributed by atoms with Crippen LogP contribution in [0.1, 0.15) is 39.4 Å². The molecule has 0 bridgehead atoms. The van der Waals surface area contributed by atoms with Crippen molar-refractivity contribution >= 4 is 30.2 Å². The van der Waals surface area contributed by atoms with E-state index in [1.54, 1.807) is 0 Å².